The second kappa shape index (κ2) is 10.7. The third kappa shape index (κ3) is 4.20. The molecule has 0 amide bonds. The van der Waals surface area contributed by atoms with Gasteiger partial charge in [0, 0.05) is 44.0 Å². The van der Waals surface area contributed by atoms with Crippen molar-refractivity contribution >= 4 is 65.7 Å². The topological polar surface area (TPSA) is 61.7 Å². The van der Waals surface area contributed by atoms with E-state index in [9.17, 15) is 0 Å². The maximum atomic E-state index is 6.20. The van der Waals surface area contributed by atoms with Gasteiger partial charge in [0.2, 0.25) is 0 Å². The summed E-state index contributed by atoms with van der Waals surface area (Å²) in [6.45, 7) is 0. The van der Waals surface area contributed by atoms with Crippen LogP contribution in [0.3, 0.4) is 0 Å². The quantitative estimate of drug-likeness (QED) is 0.190. The average molecular weight is 654 g/mol. The minimum absolute atomic E-state index is 0.635. The molecule has 0 aliphatic heterocycles. The number of aromatic nitrogens is 5. The number of pyridine rings is 1. The Morgan fingerprint density at radius 2 is 0.941 bits per heavy atom. The molecule has 0 aliphatic rings. The van der Waals surface area contributed by atoms with E-state index >= 15 is 0 Å². The van der Waals surface area contributed by atoms with Crippen LogP contribution in [0.5, 0.6) is 0 Å². The molecule has 0 aliphatic carbocycles. The zero-order valence-electron chi connectivity index (χ0n) is 27.2. The predicted molar refractivity (Wildman–Crippen MR) is 207 cm³/mol. The van der Waals surface area contributed by atoms with Gasteiger partial charge in [-0.3, -0.25) is 4.98 Å². The minimum Gasteiger partial charge on any atom is -0.451 e. The van der Waals surface area contributed by atoms with Gasteiger partial charge in [-0.1, -0.05) is 78.9 Å². The zero-order valence-corrected chi connectivity index (χ0v) is 27.2. The van der Waals surface area contributed by atoms with Crippen molar-refractivity contribution in [3.8, 4) is 34.0 Å². The number of rotatable bonds is 4. The SMILES string of the molecule is c1ccc(-n2c3ccccc3c3cc(-c4cc5c(cn4)oc4cnc(-c6ccc7c(c6)c6ccccc6n7-c6ccccc6)nc45)ccc32)cc1. The summed E-state index contributed by atoms with van der Waals surface area (Å²) in [6.07, 6.45) is 3.58. The predicted octanol–water partition coefficient (Wildman–Crippen LogP) is 11.3. The molecule has 51 heavy (non-hydrogen) atoms. The molecular weight excluding hydrogens is 627 g/mol. The van der Waals surface area contributed by atoms with Crippen LogP contribution < -0.4 is 0 Å². The van der Waals surface area contributed by atoms with E-state index in [1.54, 1.807) is 12.4 Å². The molecule has 0 saturated heterocycles. The van der Waals surface area contributed by atoms with E-state index in [1.165, 1.54) is 21.7 Å². The third-order valence-corrected chi connectivity index (χ3v) is 10.0. The van der Waals surface area contributed by atoms with E-state index in [-0.39, 0.29) is 0 Å². The molecule has 0 spiro atoms. The molecule has 5 heterocycles. The summed E-state index contributed by atoms with van der Waals surface area (Å²) >= 11 is 0. The van der Waals surface area contributed by atoms with Gasteiger partial charge >= 0.3 is 0 Å². The first-order chi connectivity index (χ1) is 25.3. The fraction of sp³-hybridized carbons (Fsp3) is 0. The van der Waals surface area contributed by atoms with Gasteiger partial charge in [0.25, 0.3) is 0 Å². The Labute approximate surface area is 291 Å². The second-order valence-electron chi connectivity index (χ2n) is 12.9. The summed E-state index contributed by atoms with van der Waals surface area (Å²) in [4.78, 5) is 14.7. The molecule has 0 atom stereocenters. The van der Waals surface area contributed by atoms with Gasteiger partial charge < -0.3 is 13.6 Å². The number of fused-ring (bicyclic) bond motifs is 9. The van der Waals surface area contributed by atoms with Crippen LogP contribution in [0.4, 0.5) is 0 Å². The number of nitrogens with zero attached hydrogens (tertiary/aromatic N) is 5. The van der Waals surface area contributed by atoms with Crippen molar-refractivity contribution in [1.29, 1.82) is 0 Å². The molecule has 6 nitrogen and oxygen atoms in total. The first-order valence-corrected chi connectivity index (χ1v) is 17.0. The Hall–Kier alpha value is -7.05. The first-order valence-electron chi connectivity index (χ1n) is 17.0. The van der Waals surface area contributed by atoms with Crippen molar-refractivity contribution in [3.05, 3.63) is 164 Å². The second-order valence-corrected chi connectivity index (χ2v) is 12.9. The molecule has 0 fully saturated rings. The summed E-state index contributed by atoms with van der Waals surface area (Å²) in [5, 5.41) is 5.64. The Morgan fingerprint density at radius 1 is 0.412 bits per heavy atom. The maximum Gasteiger partial charge on any atom is 0.172 e. The lowest BCUT2D eigenvalue weighted by Gasteiger charge is -2.08. The Balaban J connectivity index is 1.04. The van der Waals surface area contributed by atoms with Crippen molar-refractivity contribution in [3.63, 3.8) is 0 Å². The molecule has 238 valence electrons. The van der Waals surface area contributed by atoms with Gasteiger partial charge in [-0.25, -0.2) is 9.97 Å². The van der Waals surface area contributed by atoms with Crippen LogP contribution in [0.1, 0.15) is 0 Å². The van der Waals surface area contributed by atoms with E-state index in [0.717, 1.165) is 61.0 Å². The lowest BCUT2D eigenvalue weighted by Crippen LogP contribution is -1.93. The minimum atomic E-state index is 0.635. The Bertz CT molecular complexity index is 2920. The zero-order chi connectivity index (χ0) is 33.5. The van der Waals surface area contributed by atoms with Crippen LogP contribution in [0.2, 0.25) is 0 Å². The normalized spacial score (nSPS) is 11.9. The number of hydrogen-bond acceptors (Lipinski definition) is 4. The molecule has 0 N–H and O–H groups in total. The molecule has 6 aromatic carbocycles. The van der Waals surface area contributed by atoms with Crippen LogP contribution in [0.25, 0.3) is 99.7 Å². The van der Waals surface area contributed by atoms with E-state index in [0.29, 0.717) is 17.0 Å². The monoisotopic (exact) mass is 653 g/mol. The Kier molecular flexibility index (Phi) is 5.86. The molecule has 0 unspecified atom stereocenters. The van der Waals surface area contributed by atoms with Gasteiger partial charge in [-0.2, -0.15) is 0 Å². The molecule has 0 bridgehead atoms. The molecule has 0 saturated carbocycles. The van der Waals surface area contributed by atoms with E-state index in [2.05, 4.69) is 155 Å². The van der Waals surface area contributed by atoms with Crippen molar-refractivity contribution in [1.82, 2.24) is 24.1 Å². The van der Waals surface area contributed by atoms with Crippen LogP contribution >= 0.6 is 0 Å². The van der Waals surface area contributed by atoms with Crippen molar-refractivity contribution in [2.75, 3.05) is 0 Å². The number of para-hydroxylation sites is 4. The highest BCUT2D eigenvalue weighted by Gasteiger charge is 2.18. The fourth-order valence-electron chi connectivity index (χ4n) is 7.72. The summed E-state index contributed by atoms with van der Waals surface area (Å²) < 4.78 is 10.8. The molecule has 11 rings (SSSR count). The highest BCUT2D eigenvalue weighted by atomic mass is 16.3. The highest BCUT2D eigenvalue weighted by molar-refractivity contribution is 6.12. The third-order valence-electron chi connectivity index (χ3n) is 10.0. The molecular formula is C45H27N5O. The van der Waals surface area contributed by atoms with Crippen LogP contribution in [-0.2, 0) is 0 Å². The van der Waals surface area contributed by atoms with Crippen molar-refractivity contribution < 1.29 is 4.42 Å². The highest BCUT2D eigenvalue weighted by Crippen LogP contribution is 2.38. The summed E-state index contributed by atoms with van der Waals surface area (Å²) in [5.74, 6) is 0.650. The summed E-state index contributed by atoms with van der Waals surface area (Å²) in [7, 11) is 0. The van der Waals surface area contributed by atoms with E-state index in [1.807, 2.05) is 6.07 Å². The summed E-state index contributed by atoms with van der Waals surface area (Å²) in [6, 6.07) is 53.3. The molecule has 6 heteroatoms. The number of hydrogen-bond donors (Lipinski definition) is 0. The molecule has 5 aromatic heterocycles. The van der Waals surface area contributed by atoms with Gasteiger partial charge in [0.05, 0.1) is 45.5 Å². The average Bonchev–Trinajstić information content (AvgIpc) is 3.85. The van der Waals surface area contributed by atoms with Gasteiger partial charge in [0.15, 0.2) is 17.0 Å². The van der Waals surface area contributed by atoms with Crippen LogP contribution in [0, 0.1) is 0 Å². The van der Waals surface area contributed by atoms with Crippen molar-refractivity contribution in [2.45, 2.75) is 0 Å². The van der Waals surface area contributed by atoms with Gasteiger partial charge in [-0.05, 0) is 72.8 Å². The number of benzene rings is 6. The Morgan fingerprint density at radius 3 is 1.59 bits per heavy atom. The lowest BCUT2D eigenvalue weighted by molar-refractivity contribution is 0.664. The lowest BCUT2D eigenvalue weighted by atomic mass is 10.1. The van der Waals surface area contributed by atoms with E-state index < -0.39 is 0 Å². The maximum absolute atomic E-state index is 6.20. The molecule has 11 aromatic rings. The van der Waals surface area contributed by atoms with Gasteiger partial charge in [0.1, 0.15) is 5.52 Å². The molecule has 0 radical (unpaired) electrons. The van der Waals surface area contributed by atoms with Gasteiger partial charge in [-0.15, -0.1) is 0 Å². The van der Waals surface area contributed by atoms with Crippen molar-refractivity contribution in [2.24, 2.45) is 0 Å². The van der Waals surface area contributed by atoms with Crippen LogP contribution in [-0.4, -0.2) is 24.1 Å². The standard InChI is InChI=1S/C45H27N5O/c1-3-11-30(12-4-1)49-38-17-9-7-15-32(38)34-23-28(19-21-40(34)49)37-25-36-42(26-46-37)51-43-27-47-45(48-44(36)43)29-20-22-41-35(24-29)33-16-8-10-18-39(33)50(41)31-13-5-2-6-14-31/h1-27H. The van der Waals surface area contributed by atoms with E-state index in [4.69, 9.17) is 19.4 Å². The van der Waals surface area contributed by atoms with Crippen LogP contribution in [0.15, 0.2) is 168 Å². The largest absolute Gasteiger partial charge is 0.451 e. The summed E-state index contributed by atoms with van der Waals surface area (Å²) in [5.41, 5.74) is 11.8. The first kappa shape index (κ1) is 27.9. The smallest absolute Gasteiger partial charge is 0.172 e. The number of furan rings is 1. The fourth-order valence-corrected chi connectivity index (χ4v) is 7.72.